The Kier molecular flexibility index (Phi) is 24.2. The monoisotopic (exact) mass is 468 g/mol. The fourth-order valence-electron chi connectivity index (χ4n) is 3.65. The number of hydrogen-bond acceptors (Lipinski definition) is 5. The van der Waals surface area contributed by atoms with Crippen LogP contribution in [0.5, 0.6) is 0 Å². The number of hydrogen-bond donors (Lipinski definition) is 1. The molecule has 0 saturated heterocycles. The summed E-state index contributed by atoms with van der Waals surface area (Å²) in [4.78, 5) is 23.8. The van der Waals surface area contributed by atoms with E-state index in [-0.39, 0.29) is 25.2 Å². The van der Waals surface area contributed by atoms with Gasteiger partial charge < -0.3 is 14.6 Å². The zero-order valence-electron chi connectivity index (χ0n) is 21.7. The van der Waals surface area contributed by atoms with E-state index in [1.54, 1.807) is 0 Å². The molecule has 0 heterocycles. The van der Waals surface area contributed by atoms with E-state index < -0.39 is 6.10 Å². The van der Waals surface area contributed by atoms with Gasteiger partial charge in [-0.25, -0.2) is 0 Å². The zero-order chi connectivity index (χ0) is 24.4. The van der Waals surface area contributed by atoms with Crippen molar-refractivity contribution in [2.75, 3.05) is 13.2 Å². The van der Waals surface area contributed by atoms with Crippen LogP contribution in [0.15, 0.2) is 12.2 Å². The predicted molar refractivity (Wildman–Crippen MR) is 136 cm³/mol. The Morgan fingerprint density at radius 3 is 1.73 bits per heavy atom. The van der Waals surface area contributed by atoms with Gasteiger partial charge in [-0.15, -0.1) is 0 Å². The Morgan fingerprint density at radius 2 is 1.15 bits per heavy atom. The van der Waals surface area contributed by atoms with Gasteiger partial charge in [0, 0.05) is 12.8 Å². The molecule has 0 aliphatic carbocycles. The fourth-order valence-corrected chi connectivity index (χ4v) is 3.65. The van der Waals surface area contributed by atoms with E-state index in [1.165, 1.54) is 64.2 Å². The Balaban J connectivity index is 3.64. The summed E-state index contributed by atoms with van der Waals surface area (Å²) < 4.78 is 10.4. The van der Waals surface area contributed by atoms with Crippen molar-refractivity contribution < 1.29 is 24.2 Å². The molecule has 0 fully saturated rings. The molecule has 0 spiro atoms. The molecule has 0 amide bonds. The predicted octanol–water partition coefficient (Wildman–Crippen LogP) is 7.44. The molecule has 33 heavy (non-hydrogen) atoms. The van der Waals surface area contributed by atoms with Crippen LogP contribution < -0.4 is 0 Å². The largest absolute Gasteiger partial charge is 0.462 e. The molecule has 0 saturated carbocycles. The lowest BCUT2D eigenvalue weighted by Gasteiger charge is -2.15. The second-order valence-electron chi connectivity index (χ2n) is 9.12. The summed E-state index contributed by atoms with van der Waals surface area (Å²) >= 11 is 0. The minimum Gasteiger partial charge on any atom is -0.462 e. The highest BCUT2D eigenvalue weighted by Gasteiger charge is 2.16. The van der Waals surface area contributed by atoms with E-state index in [2.05, 4.69) is 26.0 Å². The van der Waals surface area contributed by atoms with Gasteiger partial charge in [0.15, 0.2) is 6.10 Å². The molecular weight excluding hydrogens is 416 g/mol. The lowest BCUT2D eigenvalue weighted by molar-refractivity contribution is -0.161. The van der Waals surface area contributed by atoms with E-state index in [1.807, 2.05) is 0 Å². The second kappa shape index (κ2) is 25.3. The summed E-state index contributed by atoms with van der Waals surface area (Å²) in [5.41, 5.74) is 0. The molecule has 0 radical (unpaired) electrons. The van der Waals surface area contributed by atoms with Crippen molar-refractivity contribution in [1.82, 2.24) is 0 Å². The van der Waals surface area contributed by atoms with Crippen molar-refractivity contribution in [3.8, 4) is 0 Å². The van der Waals surface area contributed by atoms with Crippen molar-refractivity contribution in [3.63, 3.8) is 0 Å². The smallest absolute Gasteiger partial charge is 0.306 e. The number of unbranched alkanes of at least 4 members (excludes halogenated alkanes) is 14. The molecule has 0 aromatic rings. The van der Waals surface area contributed by atoms with Crippen molar-refractivity contribution >= 4 is 11.9 Å². The summed E-state index contributed by atoms with van der Waals surface area (Å²) in [5, 5.41) is 9.41. The van der Waals surface area contributed by atoms with Gasteiger partial charge in [0.2, 0.25) is 0 Å². The number of carbonyl (C=O) groups is 2. The topological polar surface area (TPSA) is 72.8 Å². The third kappa shape index (κ3) is 23.6. The van der Waals surface area contributed by atoms with Gasteiger partial charge in [0.05, 0.1) is 6.61 Å². The van der Waals surface area contributed by atoms with Gasteiger partial charge in [-0.05, 0) is 32.1 Å². The van der Waals surface area contributed by atoms with Crippen molar-refractivity contribution in [2.45, 2.75) is 142 Å². The maximum atomic E-state index is 12.0. The summed E-state index contributed by atoms with van der Waals surface area (Å²) in [6, 6.07) is 0. The molecule has 1 atom stereocenters. The van der Waals surface area contributed by atoms with Crippen LogP contribution in [0.25, 0.3) is 0 Å². The van der Waals surface area contributed by atoms with Crippen LogP contribution in [-0.2, 0) is 19.1 Å². The van der Waals surface area contributed by atoms with Gasteiger partial charge in [-0.2, -0.15) is 0 Å². The minimum atomic E-state index is -0.764. The second-order valence-corrected chi connectivity index (χ2v) is 9.12. The Bertz CT molecular complexity index is 475. The van der Waals surface area contributed by atoms with Crippen LogP contribution in [0.4, 0.5) is 0 Å². The SMILES string of the molecule is CCCC/C=C/CCCCCCCC(=O)O[C@@H](CO)COC(=O)CCCCCCCCCC. The number of rotatable bonds is 24. The molecule has 0 aliphatic heterocycles. The van der Waals surface area contributed by atoms with E-state index in [4.69, 9.17) is 9.47 Å². The van der Waals surface area contributed by atoms with E-state index >= 15 is 0 Å². The highest BCUT2D eigenvalue weighted by molar-refractivity contribution is 5.70. The standard InChI is InChI=1S/C28H52O5/c1-3-5-7-9-11-13-14-15-17-19-21-23-28(31)33-26(24-29)25-32-27(30)22-20-18-16-12-10-8-6-4-2/h9,11,26,29H,3-8,10,12-25H2,1-2H3/b11-9+/t26-/m0/s1. The van der Waals surface area contributed by atoms with E-state index in [0.717, 1.165) is 44.9 Å². The fraction of sp³-hybridized carbons (Fsp3) is 0.857. The van der Waals surface area contributed by atoms with Gasteiger partial charge >= 0.3 is 11.9 Å². The quantitative estimate of drug-likeness (QED) is 0.0905. The van der Waals surface area contributed by atoms with Crippen molar-refractivity contribution in [1.29, 1.82) is 0 Å². The molecule has 194 valence electrons. The Morgan fingerprint density at radius 1 is 0.667 bits per heavy atom. The minimum absolute atomic E-state index is 0.0656. The number of ether oxygens (including phenoxy) is 2. The maximum absolute atomic E-state index is 12.0. The molecule has 5 nitrogen and oxygen atoms in total. The average Bonchev–Trinajstić information content (AvgIpc) is 2.81. The average molecular weight is 469 g/mol. The number of carbonyl (C=O) groups excluding carboxylic acids is 2. The first-order chi connectivity index (χ1) is 16.1. The van der Waals surface area contributed by atoms with E-state index in [0.29, 0.717) is 12.8 Å². The maximum Gasteiger partial charge on any atom is 0.306 e. The molecule has 0 bridgehead atoms. The number of aliphatic hydroxyl groups excluding tert-OH is 1. The van der Waals surface area contributed by atoms with Crippen LogP contribution in [0.1, 0.15) is 136 Å². The summed E-state index contributed by atoms with van der Waals surface area (Å²) in [5.74, 6) is -0.609. The lowest BCUT2D eigenvalue weighted by Crippen LogP contribution is -2.28. The molecule has 0 rings (SSSR count). The normalized spacial score (nSPS) is 12.2. The molecule has 5 heteroatoms. The molecule has 0 aliphatic rings. The molecule has 0 aromatic carbocycles. The third-order valence-electron chi connectivity index (χ3n) is 5.81. The first-order valence-electron chi connectivity index (χ1n) is 13.7. The highest BCUT2D eigenvalue weighted by atomic mass is 16.6. The molecular formula is C28H52O5. The molecule has 1 N–H and O–H groups in total. The Hall–Kier alpha value is -1.36. The molecule has 0 aromatic heterocycles. The van der Waals surface area contributed by atoms with Crippen LogP contribution in [0.2, 0.25) is 0 Å². The van der Waals surface area contributed by atoms with Gasteiger partial charge in [0.1, 0.15) is 6.61 Å². The number of allylic oxidation sites excluding steroid dienone is 2. The first-order valence-corrected chi connectivity index (χ1v) is 13.7. The molecule has 0 unspecified atom stereocenters. The summed E-state index contributed by atoms with van der Waals surface area (Å²) in [7, 11) is 0. The van der Waals surface area contributed by atoms with Gasteiger partial charge in [0.25, 0.3) is 0 Å². The van der Waals surface area contributed by atoms with Gasteiger partial charge in [-0.1, -0.05) is 103 Å². The van der Waals surface area contributed by atoms with Crippen LogP contribution in [0.3, 0.4) is 0 Å². The number of aliphatic hydroxyl groups is 1. The van der Waals surface area contributed by atoms with Crippen molar-refractivity contribution in [2.24, 2.45) is 0 Å². The van der Waals surface area contributed by atoms with Crippen LogP contribution >= 0.6 is 0 Å². The third-order valence-corrected chi connectivity index (χ3v) is 5.81. The van der Waals surface area contributed by atoms with Crippen molar-refractivity contribution in [3.05, 3.63) is 12.2 Å². The number of esters is 2. The van der Waals surface area contributed by atoms with Gasteiger partial charge in [-0.3, -0.25) is 9.59 Å². The Labute approximate surface area is 203 Å². The van der Waals surface area contributed by atoms with Crippen LogP contribution in [-0.4, -0.2) is 36.4 Å². The zero-order valence-corrected chi connectivity index (χ0v) is 21.7. The lowest BCUT2D eigenvalue weighted by atomic mass is 10.1. The van der Waals surface area contributed by atoms with E-state index in [9.17, 15) is 14.7 Å². The summed E-state index contributed by atoms with van der Waals surface area (Å²) in [6.45, 7) is 4.03. The first kappa shape index (κ1) is 31.6. The highest BCUT2D eigenvalue weighted by Crippen LogP contribution is 2.11. The van der Waals surface area contributed by atoms with Crippen LogP contribution in [0, 0.1) is 0 Å². The summed E-state index contributed by atoms with van der Waals surface area (Å²) in [6.07, 6.45) is 24.1.